The molecule has 2 aliphatic rings. The van der Waals surface area contributed by atoms with Gasteiger partial charge in [-0.15, -0.1) is 0 Å². The third-order valence-corrected chi connectivity index (χ3v) is 3.55. The van der Waals surface area contributed by atoms with E-state index >= 15 is 0 Å². The van der Waals surface area contributed by atoms with Gasteiger partial charge in [-0.2, -0.15) is 0 Å². The summed E-state index contributed by atoms with van der Waals surface area (Å²) in [5, 5.41) is 3.27. The van der Waals surface area contributed by atoms with Gasteiger partial charge >= 0.3 is 0 Å². The minimum atomic E-state index is 0.253. The highest BCUT2D eigenvalue weighted by Crippen LogP contribution is 2.25. The summed E-state index contributed by atoms with van der Waals surface area (Å²) in [6.07, 6.45) is 4.01. The molecule has 1 heterocycles. The van der Waals surface area contributed by atoms with Crippen molar-refractivity contribution in [3.05, 3.63) is 0 Å². The second kappa shape index (κ2) is 4.94. The SMILES string of the molecule is N[C@H]1CC[C@H](C(=O)N2CCNCC2)CC1. The van der Waals surface area contributed by atoms with Crippen LogP contribution in [0, 0.1) is 5.92 Å². The minimum absolute atomic E-state index is 0.253. The second-order valence-electron chi connectivity index (χ2n) is 4.69. The van der Waals surface area contributed by atoms with Crippen molar-refractivity contribution in [3.63, 3.8) is 0 Å². The number of amides is 1. The fraction of sp³-hybridized carbons (Fsp3) is 0.909. The van der Waals surface area contributed by atoms with Crippen LogP contribution in [-0.2, 0) is 4.79 Å². The Bertz CT molecular complexity index is 218. The summed E-state index contributed by atoms with van der Waals surface area (Å²) in [6.45, 7) is 3.64. The van der Waals surface area contributed by atoms with E-state index in [0.29, 0.717) is 11.9 Å². The van der Waals surface area contributed by atoms with Crippen LogP contribution in [0.4, 0.5) is 0 Å². The van der Waals surface area contributed by atoms with Gasteiger partial charge in [0.25, 0.3) is 0 Å². The van der Waals surface area contributed by atoms with Crippen molar-refractivity contribution in [2.75, 3.05) is 26.2 Å². The lowest BCUT2D eigenvalue weighted by Gasteiger charge is -2.33. The Morgan fingerprint density at radius 1 is 1.13 bits per heavy atom. The lowest BCUT2D eigenvalue weighted by atomic mass is 9.85. The van der Waals surface area contributed by atoms with Crippen LogP contribution in [-0.4, -0.2) is 43.0 Å². The highest BCUT2D eigenvalue weighted by atomic mass is 16.2. The van der Waals surface area contributed by atoms with Crippen molar-refractivity contribution >= 4 is 5.91 Å². The Hall–Kier alpha value is -0.610. The predicted octanol–water partition coefficient (Wildman–Crippen LogP) is -0.0643. The molecule has 1 saturated carbocycles. The standard InChI is InChI=1S/C11H21N3O/c12-10-3-1-9(2-4-10)11(15)14-7-5-13-6-8-14/h9-10,13H,1-8,12H2/t9-,10-. The molecule has 86 valence electrons. The van der Waals surface area contributed by atoms with Gasteiger partial charge in [0, 0.05) is 38.1 Å². The Balaban J connectivity index is 1.84. The number of carbonyl (C=O) groups excluding carboxylic acids is 1. The maximum Gasteiger partial charge on any atom is 0.225 e. The van der Waals surface area contributed by atoms with Crippen LogP contribution in [0.2, 0.25) is 0 Å². The molecule has 0 aromatic carbocycles. The third kappa shape index (κ3) is 2.69. The zero-order chi connectivity index (χ0) is 10.7. The number of hydrogen-bond donors (Lipinski definition) is 2. The lowest BCUT2D eigenvalue weighted by Crippen LogP contribution is -2.49. The minimum Gasteiger partial charge on any atom is -0.340 e. The first-order chi connectivity index (χ1) is 7.27. The van der Waals surface area contributed by atoms with Gasteiger partial charge in [-0.3, -0.25) is 4.79 Å². The smallest absolute Gasteiger partial charge is 0.225 e. The summed E-state index contributed by atoms with van der Waals surface area (Å²) in [6, 6.07) is 0.331. The summed E-state index contributed by atoms with van der Waals surface area (Å²) in [7, 11) is 0. The molecule has 0 atom stereocenters. The van der Waals surface area contributed by atoms with Crippen molar-refractivity contribution in [1.29, 1.82) is 0 Å². The van der Waals surface area contributed by atoms with E-state index in [2.05, 4.69) is 5.32 Å². The first-order valence-corrected chi connectivity index (χ1v) is 6.02. The van der Waals surface area contributed by atoms with Gasteiger partial charge < -0.3 is 16.0 Å². The molecule has 0 aromatic rings. The molecule has 1 saturated heterocycles. The Morgan fingerprint density at radius 3 is 2.33 bits per heavy atom. The first-order valence-electron chi connectivity index (χ1n) is 6.02. The van der Waals surface area contributed by atoms with Crippen molar-refractivity contribution in [1.82, 2.24) is 10.2 Å². The van der Waals surface area contributed by atoms with E-state index in [9.17, 15) is 4.79 Å². The average molecular weight is 211 g/mol. The molecule has 2 rings (SSSR count). The zero-order valence-corrected chi connectivity index (χ0v) is 9.24. The van der Waals surface area contributed by atoms with Crippen molar-refractivity contribution in [2.45, 2.75) is 31.7 Å². The molecule has 0 radical (unpaired) electrons. The van der Waals surface area contributed by atoms with Gasteiger partial charge in [-0.05, 0) is 25.7 Å². The summed E-state index contributed by atoms with van der Waals surface area (Å²) in [5.41, 5.74) is 5.84. The maximum atomic E-state index is 12.1. The number of carbonyl (C=O) groups is 1. The Kier molecular flexibility index (Phi) is 3.59. The highest BCUT2D eigenvalue weighted by Gasteiger charge is 2.28. The van der Waals surface area contributed by atoms with Crippen LogP contribution in [0.25, 0.3) is 0 Å². The molecule has 4 heteroatoms. The molecule has 15 heavy (non-hydrogen) atoms. The molecule has 0 unspecified atom stereocenters. The Labute approximate surface area is 91.2 Å². The normalized spacial score (nSPS) is 32.7. The largest absolute Gasteiger partial charge is 0.340 e. The molecule has 1 aliphatic carbocycles. The average Bonchev–Trinajstić information content (AvgIpc) is 2.30. The summed E-state index contributed by atoms with van der Waals surface area (Å²) >= 11 is 0. The molecule has 3 N–H and O–H groups in total. The highest BCUT2D eigenvalue weighted by molar-refractivity contribution is 5.79. The molecule has 0 spiro atoms. The van der Waals surface area contributed by atoms with Gasteiger partial charge in [0.05, 0.1) is 0 Å². The van der Waals surface area contributed by atoms with Gasteiger partial charge in [-0.1, -0.05) is 0 Å². The maximum absolute atomic E-state index is 12.1. The number of nitrogens with one attached hydrogen (secondary N) is 1. The molecular weight excluding hydrogens is 190 g/mol. The second-order valence-corrected chi connectivity index (χ2v) is 4.69. The van der Waals surface area contributed by atoms with E-state index in [4.69, 9.17) is 5.73 Å². The summed E-state index contributed by atoms with van der Waals surface area (Å²) in [4.78, 5) is 14.1. The van der Waals surface area contributed by atoms with Crippen LogP contribution in [0.3, 0.4) is 0 Å². The van der Waals surface area contributed by atoms with Crippen molar-refractivity contribution in [2.24, 2.45) is 11.7 Å². The predicted molar refractivity (Wildman–Crippen MR) is 59.4 cm³/mol. The van der Waals surface area contributed by atoms with Gasteiger partial charge in [0.1, 0.15) is 0 Å². The van der Waals surface area contributed by atoms with Gasteiger partial charge in [-0.25, -0.2) is 0 Å². The number of nitrogens with two attached hydrogens (primary N) is 1. The summed E-state index contributed by atoms with van der Waals surface area (Å²) in [5.74, 6) is 0.617. The van der Waals surface area contributed by atoms with E-state index in [1.165, 1.54) is 0 Å². The van der Waals surface area contributed by atoms with E-state index in [1.807, 2.05) is 4.90 Å². The van der Waals surface area contributed by atoms with Gasteiger partial charge in [0.15, 0.2) is 0 Å². The van der Waals surface area contributed by atoms with Gasteiger partial charge in [0.2, 0.25) is 5.91 Å². The van der Waals surface area contributed by atoms with Crippen LogP contribution >= 0.6 is 0 Å². The molecule has 0 bridgehead atoms. The fourth-order valence-corrected chi connectivity index (χ4v) is 2.51. The van der Waals surface area contributed by atoms with Crippen LogP contribution in [0.1, 0.15) is 25.7 Å². The molecule has 0 aromatic heterocycles. The van der Waals surface area contributed by atoms with E-state index in [0.717, 1.165) is 51.9 Å². The quantitative estimate of drug-likeness (QED) is 0.638. The van der Waals surface area contributed by atoms with Crippen LogP contribution in [0.15, 0.2) is 0 Å². The monoisotopic (exact) mass is 211 g/mol. The molecule has 2 fully saturated rings. The topological polar surface area (TPSA) is 58.4 Å². The number of rotatable bonds is 1. The fourth-order valence-electron chi connectivity index (χ4n) is 2.51. The molecular formula is C11H21N3O. The first kappa shape index (κ1) is 10.9. The van der Waals surface area contributed by atoms with Crippen molar-refractivity contribution < 1.29 is 4.79 Å². The number of nitrogens with zero attached hydrogens (tertiary/aromatic N) is 1. The molecule has 4 nitrogen and oxygen atoms in total. The number of piperazine rings is 1. The lowest BCUT2D eigenvalue weighted by molar-refractivity contribution is -0.137. The molecule has 1 amide bonds. The van der Waals surface area contributed by atoms with Crippen LogP contribution in [0.5, 0.6) is 0 Å². The Morgan fingerprint density at radius 2 is 1.73 bits per heavy atom. The number of hydrogen-bond acceptors (Lipinski definition) is 3. The summed E-state index contributed by atoms with van der Waals surface area (Å²) < 4.78 is 0. The van der Waals surface area contributed by atoms with Crippen LogP contribution < -0.4 is 11.1 Å². The third-order valence-electron chi connectivity index (χ3n) is 3.55. The van der Waals surface area contributed by atoms with E-state index in [-0.39, 0.29) is 5.92 Å². The van der Waals surface area contributed by atoms with E-state index < -0.39 is 0 Å². The molecule has 1 aliphatic heterocycles. The van der Waals surface area contributed by atoms with E-state index in [1.54, 1.807) is 0 Å². The van der Waals surface area contributed by atoms with Crippen molar-refractivity contribution in [3.8, 4) is 0 Å². The zero-order valence-electron chi connectivity index (χ0n) is 9.24.